The van der Waals surface area contributed by atoms with Crippen molar-refractivity contribution in [2.24, 2.45) is 0 Å². The number of allylic oxidation sites excluding steroid dienone is 4. The van der Waals surface area contributed by atoms with Crippen molar-refractivity contribution >= 4 is 5.97 Å². The van der Waals surface area contributed by atoms with Gasteiger partial charge in [0.25, 0.3) is 0 Å². The number of aliphatic carboxylic acids is 1. The molecule has 0 amide bonds. The number of hydrogen-bond acceptors (Lipinski definition) is 3. The number of carbonyl (C=O) groups is 1. The summed E-state index contributed by atoms with van der Waals surface area (Å²) in [4.78, 5) is 10.4. The van der Waals surface area contributed by atoms with Gasteiger partial charge in [0.2, 0.25) is 0 Å². The van der Waals surface area contributed by atoms with Crippen LogP contribution in [0.15, 0.2) is 36.5 Å². The Bertz CT molecular complexity index is 422. The van der Waals surface area contributed by atoms with Gasteiger partial charge in [-0.25, -0.2) is 0 Å². The largest absolute Gasteiger partial charge is 0.481 e. The van der Waals surface area contributed by atoms with Crippen molar-refractivity contribution in [3.63, 3.8) is 0 Å². The zero-order valence-electron chi connectivity index (χ0n) is 15.9. The van der Waals surface area contributed by atoms with Gasteiger partial charge in [0.1, 0.15) is 0 Å². The molecule has 0 aromatic rings. The zero-order valence-corrected chi connectivity index (χ0v) is 15.9. The highest BCUT2D eigenvalue weighted by Crippen LogP contribution is 2.17. The van der Waals surface area contributed by atoms with Crippen LogP contribution in [0.5, 0.6) is 0 Å². The number of aliphatic hydroxyl groups excluding tert-OH is 1. The molecule has 0 aliphatic heterocycles. The minimum Gasteiger partial charge on any atom is -0.481 e. The van der Waals surface area contributed by atoms with Crippen LogP contribution in [-0.2, 0) is 4.79 Å². The molecule has 0 heterocycles. The first-order valence-corrected chi connectivity index (χ1v) is 9.52. The molecule has 4 nitrogen and oxygen atoms in total. The minimum absolute atomic E-state index is 0.0805. The van der Waals surface area contributed by atoms with Crippen molar-refractivity contribution in [1.29, 1.82) is 0 Å². The number of rotatable bonds is 15. The molecule has 3 N–H and O–H groups in total. The molecule has 25 heavy (non-hydrogen) atoms. The normalized spacial score (nSPS) is 16.0. The molecule has 0 spiro atoms. The van der Waals surface area contributed by atoms with Crippen LogP contribution in [0.4, 0.5) is 0 Å². The fraction of sp³-hybridized carbons (Fsp3) is 0.667. The maximum atomic E-state index is 10.4. The highest BCUT2D eigenvalue weighted by molar-refractivity contribution is 5.66. The van der Waals surface area contributed by atoms with Gasteiger partial charge in [0.05, 0.1) is 11.7 Å². The lowest BCUT2D eigenvalue weighted by atomic mass is 9.97. The molecule has 0 rings (SSSR count). The van der Waals surface area contributed by atoms with Crippen molar-refractivity contribution in [2.75, 3.05) is 0 Å². The number of hydrogen-bond donors (Lipinski definition) is 3. The fourth-order valence-electron chi connectivity index (χ4n) is 2.49. The maximum Gasteiger partial charge on any atom is 0.303 e. The van der Waals surface area contributed by atoms with Crippen LogP contribution in [0, 0.1) is 0 Å². The summed E-state index contributed by atoms with van der Waals surface area (Å²) in [7, 11) is 0. The Labute approximate surface area is 153 Å². The molecule has 0 bridgehead atoms. The Kier molecular flexibility index (Phi) is 14.1. The number of unbranched alkanes of at least 4 members (excludes halogenated alkanes) is 5. The molecule has 4 heteroatoms. The fourth-order valence-corrected chi connectivity index (χ4v) is 2.49. The summed E-state index contributed by atoms with van der Waals surface area (Å²) in [6, 6.07) is 0. The third kappa shape index (κ3) is 17.2. The summed E-state index contributed by atoms with van der Waals surface area (Å²) in [5, 5.41) is 28.5. The Balaban J connectivity index is 3.92. The monoisotopic (exact) mass is 352 g/mol. The Hall–Kier alpha value is -1.39. The summed E-state index contributed by atoms with van der Waals surface area (Å²) in [5.74, 6) is -0.839. The second kappa shape index (κ2) is 14.9. The van der Waals surface area contributed by atoms with E-state index in [4.69, 9.17) is 5.11 Å². The Morgan fingerprint density at radius 2 is 1.64 bits per heavy atom. The predicted molar refractivity (Wildman–Crippen MR) is 104 cm³/mol. The van der Waals surface area contributed by atoms with Gasteiger partial charge in [0.15, 0.2) is 0 Å². The average molecular weight is 353 g/mol. The molecule has 0 aromatic heterocycles. The summed E-state index contributed by atoms with van der Waals surface area (Å²) in [6.07, 6.45) is 19.0. The third-order valence-corrected chi connectivity index (χ3v) is 4.05. The summed E-state index contributed by atoms with van der Waals surface area (Å²) in [6.45, 7) is 4.03. The van der Waals surface area contributed by atoms with Crippen molar-refractivity contribution in [3.8, 4) is 0 Å². The number of aliphatic hydroxyl groups is 2. The molecule has 0 aliphatic rings. The second-order valence-electron chi connectivity index (χ2n) is 6.86. The van der Waals surface area contributed by atoms with E-state index >= 15 is 0 Å². The standard InChI is InChI=1S/C21H36O4/c1-3-4-5-6-8-11-17-21(2,25)18-12-9-7-10-14-19(22)15-13-16-20(23)24/h7,9-10,12,14,18-19,22,25H,3-6,8,11,13,15-17H2,1-2H3,(H,23,24)/b9-7+,14-10-,18-12+/t19-,21-/m1/s1. The van der Waals surface area contributed by atoms with Crippen LogP contribution in [-0.4, -0.2) is 33.0 Å². The van der Waals surface area contributed by atoms with Crippen LogP contribution in [0.2, 0.25) is 0 Å². The van der Waals surface area contributed by atoms with Crippen LogP contribution >= 0.6 is 0 Å². The average Bonchev–Trinajstić information content (AvgIpc) is 2.53. The van der Waals surface area contributed by atoms with Gasteiger partial charge in [0, 0.05) is 6.42 Å². The predicted octanol–water partition coefficient (Wildman–Crippen LogP) is 4.77. The lowest BCUT2D eigenvalue weighted by Gasteiger charge is -2.18. The van der Waals surface area contributed by atoms with Gasteiger partial charge in [-0.15, -0.1) is 0 Å². The van der Waals surface area contributed by atoms with E-state index in [9.17, 15) is 15.0 Å². The van der Waals surface area contributed by atoms with E-state index in [0.29, 0.717) is 12.8 Å². The van der Waals surface area contributed by atoms with E-state index in [2.05, 4.69) is 6.92 Å². The number of carboxylic acid groups (broad SMARTS) is 1. The first-order valence-electron chi connectivity index (χ1n) is 9.52. The van der Waals surface area contributed by atoms with E-state index in [1.54, 1.807) is 24.3 Å². The van der Waals surface area contributed by atoms with E-state index in [-0.39, 0.29) is 6.42 Å². The Morgan fingerprint density at radius 3 is 2.32 bits per heavy atom. The van der Waals surface area contributed by atoms with Gasteiger partial charge in [-0.05, 0) is 26.2 Å². The third-order valence-electron chi connectivity index (χ3n) is 4.05. The molecule has 0 saturated heterocycles. The van der Waals surface area contributed by atoms with Gasteiger partial charge >= 0.3 is 5.97 Å². The quantitative estimate of drug-likeness (QED) is 0.293. The van der Waals surface area contributed by atoms with Crippen molar-refractivity contribution in [2.45, 2.75) is 89.8 Å². The molecule has 0 saturated carbocycles. The molecule has 0 aliphatic carbocycles. The zero-order chi connectivity index (χ0) is 19.0. The van der Waals surface area contributed by atoms with Crippen LogP contribution in [0.25, 0.3) is 0 Å². The molecule has 0 unspecified atom stereocenters. The van der Waals surface area contributed by atoms with E-state index in [1.165, 1.54) is 32.1 Å². The Morgan fingerprint density at radius 1 is 1.00 bits per heavy atom. The summed E-state index contributed by atoms with van der Waals surface area (Å²) < 4.78 is 0. The molecular weight excluding hydrogens is 316 g/mol. The van der Waals surface area contributed by atoms with E-state index in [1.807, 2.05) is 19.1 Å². The van der Waals surface area contributed by atoms with Gasteiger partial charge in [-0.3, -0.25) is 4.79 Å². The van der Waals surface area contributed by atoms with Crippen LogP contribution < -0.4 is 0 Å². The SMILES string of the molecule is CCCCCCCC[C@@](C)(O)/C=C/C=C/C=C\[C@@H](O)CCCC(=O)O. The van der Waals surface area contributed by atoms with E-state index in [0.717, 1.165) is 12.8 Å². The summed E-state index contributed by atoms with van der Waals surface area (Å²) >= 11 is 0. The van der Waals surface area contributed by atoms with Crippen molar-refractivity contribution in [3.05, 3.63) is 36.5 Å². The highest BCUT2D eigenvalue weighted by atomic mass is 16.4. The lowest BCUT2D eigenvalue weighted by Crippen LogP contribution is -2.20. The van der Waals surface area contributed by atoms with Gasteiger partial charge in [-0.2, -0.15) is 0 Å². The molecule has 0 aromatic carbocycles. The molecule has 2 atom stereocenters. The first-order chi connectivity index (χ1) is 11.9. The van der Waals surface area contributed by atoms with Gasteiger partial charge in [-0.1, -0.05) is 81.9 Å². The van der Waals surface area contributed by atoms with Gasteiger partial charge < -0.3 is 15.3 Å². The smallest absolute Gasteiger partial charge is 0.303 e. The second-order valence-corrected chi connectivity index (χ2v) is 6.86. The molecule has 144 valence electrons. The highest BCUT2D eigenvalue weighted by Gasteiger charge is 2.14. The van der Waals surface area contributed by atoms with Crippen LogP contribution in [0.3, 0.4) is 0 Å². The van der Waals surface area contributed by atoms with Crippen molar-refractivity contribution in [1.82, 2.24) is 0 Å². The van der Waals surface area contributed by atoms with E-state index < -0.39 is 17.7 Å². The number of carboxylic acids is 1. The summed E-state index contributed by atoms with van der Waals surface area (Å²) in [5.41, 5.74) is -0.783. The molecular formula is C21H36O4. The van der Waals surface area contributed by atoms with Crippen molar-refractivity contribution < 1.29 is 20.1 Å². The lowest BCUT2D eigenvalue weighted by molar-refractivity contribution is -0.137. The van der Waals surface area contributed by atoms with Crippen LogP contribution in [0.1, 0.15) is 78.1 Å². The minimum atomic E-state index is -0.839. The molecule has 0 fully saturated rings. The first kappa shape index (κ1) is 23.6. The topological polar surface area (TPSA) is 77.8 Å². The maximum absolute atomic E-state index is 10.4. The molecule has 0 radical (unpaired) electrons.